The van der Waals surface area contributed by atoms with E-state index in [4.69, 9.17) is 9.47 Å². The predicted molar refractivity (Wildman–Crippen MR) is 156 cm³/mol. The highest BCUT2D eigenvalue weighted by atomic mass is 16.7. The quantitative estimate of drug-likeness (QED) is 0.160. The molecule has 216 valence electrons. The molecule has 0 saturated heterocycles. The van der Waals surface area contributed by atoms with Gasteiger partial charge in [-0.15, -0.1) is 0 Å². The lowest BCUT2D eigenvalue weighted by molar-refractivity contribution is -0.0701. The average Bonchev–Trinajstić information content (AvgIpc) is 2.93. The van der Waals surface area contributed by atoms with Crippen LogP contribution in [0.15, 0.2) is 0 Å². The largest absolute Gasteiger partial charge is 0.508 e. The molecule has 3 aliphatic carbocycles. The molecule has 0 N–H and O–H groups in total. The molecule has 0 heterocycles. The number of carbonyl (C=O) groups excluding carboxylic acids is 1. The van der Waals surface area contributed by atoms with Crippen LogP contribution in [-0.4, -0.2) is 18.9 Å². The molecule has 0 bridgehead atoms. The molecule has 0 radical (unpaired) electrons. The molecule has 0 aromatic carbocycles. The molecule has 0 amide bonds. The maximum Gasteiger partial charge on any atom is 0.508 e. The van der Waals surface area contributed by atoms with Crippen molar-refractivity contribution in [3.63, 3.8) is 0 Å². The standard InChI is InChI=1S/C34H62O3/c1-4-6-8-9-11-13-28-14-16-30(17-15-28)22-25-34(37-33(35)36-3)26-23-32(24-27-34)31-20-18-29(19-21-31)12-10-7-5-2/h28-32H,4-27H2,1-3H3. The molecule has 3 saturated carbocycles. The number of carbonyl (C=O) groups is 1. The van der Waals surface area contributed by atoms with Gasteiger partial charge in [0, 0.05) is 0 Å². The Labute approximate surface area is 230 Å². The Morgan fingerprint density at radius 3 is 1.65 bits per heavy atom. The van der Waals surface area contributed by atoms with E-state index in [-0.39, 0.29) is 5.60 Å². The Balaban J connectivity index is 1.39. The zero-order valence-electron chi connectivity index (χ0n) is 25.1. The Bertz CT molecular complexity index is 592. The minimum Gasteiger partial charge on any atom is -0.438 e. The van der Waals surface area contributed by atoms with Crippen molar-refractivity contribution < 1.29 is 14.3 Å². The molecule has 0 aliphatic heterocycles. The van der Waals surface area contributed by atoms with E-state index in [2.05, 4.69) is 13.8 Å². The van der Waals surface area contributed by atoms with Gasteiger partial charge in [0.1, 0.15) is 5.60 Å². The summed E-state index contributed by atoms with van der Waals surface area (Å²) in [6.45, 7) is 4.61. The van der Waals surface area contributed by atoms with Gasteiger partial charge in [-0.2, -0.15) is 0 Å². The van der Waals surface area contributed by atoms with Gasteiger partial charge in [-0.3, -0.25) is 0 Å². The fourth-order valence-corrected chi connectivity index (χ4v) is 8.20. The summed E-state index contributed by atoms with van der Waals surface area (Å²) in [7, 11) is 1.46. The normalized spacial score (nSPS) is 32.7. The first-order chi connectivity index (χ1) is 18.1. The molecule has 0 spiro atoms. The molecule has 3 aliphatic rings. The third-order valence-corrected chi connectivity index (χ3v) is 10.9. The predicted octanol–water partition coefficient (Wildman–Crippen LogP) is 11.0. The number of hydrogen-bond acceptors (Lipinski definition) is 3. The van der Waals surface area contributed by atoms with Crippen molar-refractivity contribution in [3.8, 4) is 0 Å². The van der Waals surface area contributed by atoms with Gasteiger partial charge in [0.2, 0.25) is 0 Å². The number of ether oxygens (including phenoxy) is 2. The molecular formula is C34H62O3. The van der Waals surface area contributed by atoms with Crippen molar-refractivity contribution in [2.75, 3.05) is 7.11 Å². The van der Waals surface area contributed by atoms with Crippen LogP contribution in [0.3, 0.4) is 0 Å². The van der Waals surface area contributed by atoms with E-state index in [1.54, 1.807) is 0 Å². The van der Waals surface area contributed by atoms with Crippen molar-refractivity contribution in [2.45, 2.75) is 174 Å². The van der Waals surface area contributed by atoms with Crippen molar-refractivity contribution in [2.24, 2.45) is 29.6 Å². The minimum absolute atomic E-state index is 0.267. The van der Waals surface area contributed by atoms with Gasteiger partial charge in [0.15, 0.2) is 0 Å². The van der Waals surface area contributed by atoms with Gasteiger partial charge in [-0.25, -0.2) is 4.79 Å². The van der Waals surface area contributed by atoms with Gasteiger partial charge < -0.3 is 9.47 Å². The zero-order chi connectivity index (χ0) is 26.3. The molecule has 0 aromatic heterocycles. The van der Waals surface area contributed by atoms with E-state index < -0.39 is 6.16 Å². The first-order valence-electron chi connectivity index (χ1n) is 16.8. The summed E-state index contributed by atoms with van der Waals surface area (Å²) in [5.41, 5.74) is -0.267. The van der Waals surface area contributed by atoms with Gasteiger partial charge in [0.05, 0.1) is 7.11 Å². The maximum absolute atomic E-state index is 12.2. The lowest BCUT2D eigenvalue weighted by atomic mass is 9.66. The fraction of sp³-hybridized carbons (Fsp3) is 0.971. The summed E-state index contributed by atoms with van der Waals surface area (Å²) in [4.78, 5) is 12.2. The topological polar surface area (TPSA) is 35.5 Å². The molecule has 0 unspecified atom stereocenters. The highest BCUT2D eigenvalue weighted by Crippen LogP contribution is 2.47. The van der Waals surface area contributed by atoms with Crippen LogP contribution in [0.1, 0.15) is 168 Å². The summed E-state index contributed by atoms with van der Waals surface area (Å²) < 4.78 is 11.1. The molecule has 3 fully saturated rings. The van der Waals surface area contributed by atoms with Crippen molar-refractivity contribution in [3.05, 3.63) is 0 Å². The monoisotopic (exact) mass is 518 g/mol. The second-order valence-electron chi connectivity index (χ2n) is 13.5. The third-order valence-electron chi connectivity index (χ3n) is 10.9. The van der Waals surface area contributed by atoms with Gasteiger partial charge >= 0.3 is 6.16 Å². The summed E-state index contributed by atoms with van der Waals surface area (Å²) in [5.74, 6) is 4.55. The minimum atomic E-state index is -0.460. The van der Waals surface area contributed by atoms with Crippen LogP contribution >= 0.6 is 0 Å². The second kappa shape index (κ2) is 17.1. The van der Waals surface area contributed by atoms with Gasteiger partial charge in [0.25, 0.3) is 0 Å². The zero-order valence-corrected chi connectivity index (χ0v) is 25.1. The fourth-order valence-electron chi connectivity index (χ4n) is 8.20. The van der Waals surface area contributed by atoms with Crippen molar-refractivity contribution in [1.82, 2.24) is 0 Å². The Morgan fingerprint density at radius 1 is 0.622 bits per heavy atom. The smallest absolute Gasteiger partial charge is 0.438 e. The molecule has 3 heteroatoms. The van der Waals surface area contributed by atoms with Crippen LogP contribution < -0.4 is 0 Å². The Morgan fingerprint density at radius 2 is 1.08 bits per heavy atom. The van der Waals surface area contributed by atoms with Gasteiger partial charge in [-0.1, -0.05) is 117 Å². The number of unbranched alkanes of at least 4 members (excludes halogenated alkanes) is 6. The summed E-state index contributed by atoms with van der Waals surface area (Å²) in [5, 5.41) is 0. The molecular weight excluding hydrogens is 456 g/mol. The summed E-state index contributed by atoms with van der Waals surface area (Å²) in [6, 6.07) is 0. The molecule has 0 atom stereocenters. The summed E-state index contributed by atoms with van der Waals surface area (Å²) in [6.07, 6.45) is 32.0. The van der Waals surface area contributed by atoms with E-state index in [0.717, 1.165) is 48.9 Å². The second-order valence-corrected chi connectivity index (χ2v) is 13.5. The molecule has 0 aromatic rings. The van der Waals surface area contributed by atoms with Crippen LogP contribution in [0.5, 0.6) is 0 Å². The Hall–Kier alpha value is -0.730. The van der Waals surface area contributed by atoms with Gasteiger partial charge in [-0.05, 0) is 81.0 Å². The van der Waals surface area contributed by atoms with Crippen molar-refractivity contribution >= 4 is 6.16 Å². The molecule has 3 rings (SSSR count). The average molecular weight is 519 g/mol. The maximum atomic E-state index is 12.2. The SMILES string of the molecule is CCCCCCCC1CCC(CCC2(OC(=O)OC)CCC(C3CCC(CCCCC)CC3)CC2)CC1. The molecule has 3 nitrogen and oxygen atoms in total. The van der Waals surface area contributed by atoms with Crippen LogP contribution in [0.2, 0.25) is 0 Å². The van der Waals surface area contributed by atoms with Crippen molar-refractivity contribution in [1.29, 1.82) is 0 Å². The van der Waals surface area contributed by atoms with Crippen LogP contribution in [0, 0.1) is 29.6 Å². The van der Waals surface area contributed by atoms with E-state index in [1.165, 1.54) is 142 Å². The first kappa shape index (κ1) is 30.8. The highest BCUT2D eigenvalue weighted by molar-refractivity contribution is 5.60. The van der Waals surface area contributed by atoms with Crippen LogP contribution in [-0.2, 0) is 9.47 Å². The van der Waals surface area contributed by atoms with Crippen LogP contribution in [0.4, 0.5) is 4.79 Å². The number of rotatable bonds is 15. The van der Waals surface area contributed by atoms with E-state index in [9.17, 15) is 4.79 Å². The van der Waals surface area contributed by atoms with Crippen LogP contribution in [0.25, 0.3) is 0 Å². The Kier molecular flexibility index (Phi) is 14.2. The lowest BCUT2D eigenvalue weighted by Gasteiger charge is -2.43. The lowest BCUT2D eigenvalue weighted by Crippen LogP contribution is -2.41. The third kappa shape index (κ3) is 10.7. The summed E-state index contributed by atoms with van der Waals surface area (Å²) >= 11 is 0. The van der Waals surface area contributed by atoms with E-state index in [1.807, 2.05) is 0 Å². The highest BCUT2D eigenvalue weighted by Gasteiger charge is 2.42. The number of methoxy groups -OCH3 is 1. The molecule has 37 heavy (non-hydrogen) atoms. The van der Waals surface area contributed by atoms with E-state index >= 15 is 0 Å². The first-order valence-corrected chi connectivity index (χ1v) is 16.8. The van der Waals surface area contributed by atoms with E-state index in [0.29, 0.717) is 0 Å². The number of hydrogen-bond donors (Lipinski definition) is 0.